The van der Waals surface area contributed by atoms with Gasteiger partial charge in [-0.3, -0.25) is 14.9 Å². The topological polar surface area (TPSA) is 63.6 Å². The Hall–Kier alpha value is -3.42. The highest BCUT2D eigenvalue weighted by atomic mass is 19.4. The van der Waals surface area contributed by atoms with Gasteiger partial charge in [-0.05, 0) is 42.3 Å². The van der Waals surface area contributed by atoms with Crippen LogP contribution in [0.3, 0.4) is 0 Å². The number of benzene rings is 1. The Kier molecular flexibility index (Phi) is 4.26. The van der Waals surface area contributed by atoms with Crippen LogP contribution in [0.5, 0.6) is 0 Å². The molecular formula is C20H15F3N4O. The van der Waals surface area contributed by atoms with Gasteiger partial charge < -0.3 is 4.57 Å². The first-order valence-electron chi connectivity index (χ1n) is 8.48. The fourth-order valence-corrected chi connectivity index (χ4v) is 3.18. The lowest BCUT2D eigenvalue weighted by atomic mass is 9.97. The molecule has 0 spiro atoms. The van der Waals surface area contributed by atoms with Crippen molar-refractivity contribution >= 4 is 10.9 Å². The van der Waals surface area contributed by atoms with Crippen LogP contribution in [0.25, 0.3) is 22.0 Å². The monoisotopic (exact) mass is 384 g/mol. The molecular weight excluding hydrogens is 369 g/mol. The van der Waals surface area contributed by atoms with Gasteiger partial charge in [-0.1, -0.05) is 6.07 Å². The van der Waals surface area contributed by atoms with E-state index in [0.717, 1.165) is 12.1 Å². The largest absolute Gasteiger partial charge is 0.416 e. The highest BCUT2D eigenvalue weighted by molar-refractivity contribution is 5.95. The van der Waals surface area contributed by atoms with Gasteiger partial charge in [0.25, 0.3) is 5.56 Å². The molecule has 28 heavy (non-hydrogen) atoms. The molecule has 0 fully saturated rings. The van der Waals surface area contributed by atoms with Crippen molar-refractivity contribution in [1.29, 1.82) is 0 Å². The molecule has 0 radical (unpaired) electrons. The molecule has 5 nitrogen and oxygen atoms in total. The first-order chi connectivity index (χ1) is 13.3. The molecule has 0 amide bonds. The van der Waals surface area contributed by atoms with E-state index in [1.54, 1.807) is 31.5 Å². The van der Waals surface area contributed by atoms with Crippen LogP contribution in [0.2, 0.25) is 0 Å². The number of alkyl halides is 3. The summed E-state index contributed by atoms with van der Waals surface area (Å²) in [6.45, 7) is 1.93. The molecule has 1 aromatic carbocycles. The van der Waals surface area contributed by atoms with Crippen molar-refractivity contribution in [2.24, 2.45) is 0 Å². The van der Waals surface area contributed by atoms with E-state index in [1.807, 2.05) is 6.07 Å². The standard InChI is InChI=1S/C20H15F3N4O/c1-12-6-19(28)27(10-14-4-2-3-5-24-14)11-17(12)15-7-13(20(21,22)23)8-18-16(15)9-25-26-18/h2-9,11H,10H2,1H3,(H,25,26). The molecule has 0 aliphatic heterocycles. The molecule has 0 aliphatic rings. The zero-order chi connectivity index (χ0) is 19.9. The number of halogens is 3. The van der Waals surface area contributed by atoms with E-state index in [4.69, 9.17) is 0 Å². The second kappa shape index (κ2) is 6.63. The summed E-state index contributed by atoms with van der Waals surface area (Å²) in [5.41, 5.74) is 1.43. The zero-order valence-corrected chi connectivity index (χ0v) is 14.8. The third kappa shape index (κ3) is 3.28. The molecule has 0 unspecified atom stereocenters. The van der Waals surface area contributed by atoms with Gasteiger partial charge >= 0.3 is 6.18 Å². The van der Waals surface area contributed by atoms with Gasteiger partial charge in [0.15, 0.2) is 0 Å². The van der Waals surface area contributed by atoms with E-state index < -0.39 is 11.7 Å². The summed E-state index contributed by atoms with van der Waals surface area (Å²) in [5.74, 6) is 0. The molecule has 1 N–H and O–H groups in total. The number of aryl methyl sites for hydroxylation is 1. The second-order valence-electron chi connectivity index (χ2n) is 6.51. The summed E-state index contributed by atoms with van der Waals surface area (Å²) in [7, 11) is 0. The normalized spacial score (nSPS) is 11.9. The fraction of sp³-hybridized carbons (Fsp3) is 0.150. The van der Waals surface area contributed by atoms with Crippen LogP contribution in [0.15, 0.2) is 59.8 Å². The quantitative estimate of drug-likeness (QED) is 0.577. The van der Waals surface area contributed by atoms with Crippen molar-refractivity contribution in [3.8, 4) is 11.1 Å². The molecule has 3 heterocycles. The molecule has 4 aromatic rings. The highest BCUT2D eigenvalue weighted by Gasteiger charge is 2.32. The van der Waals surface area contributed by atoms with Crippen LogP contribution in [-0.4, -0.2) is 19.7 Å². The molecule has 0 bridgehead atoms. The van der Waals surface area contributed by atoms with Crippen LogP contribution < -0.4 is 5.56 Å². The number of pyridine rings is 2. The molecule has 8 heteroatoms. The summed E-state index contributed by atoms with van der Waals surface area (Å²) in [6, 6.07) is 8.91. The Balaban J connectivity index is 1.91. The number of hydrogen-bond acceptors (Lipinski definition) is 3. The minimum absolute atomic E-state index is 0.223. The number of aromatic amines is 1. The van der Waals surface area contributed by atoms with Crippen molar-refractivity contribution < 1.29 is 13.2 Å². The average Bonchev–Trinajstić information content (AvgIpc) is 3.12. The van der Waals surface area contributed by atoms with Gasteiger partial charge in [-0.15, -0.1) is 0 Å². The van der Waals surface area contributed by atoms with Gasteiger partial charge in [0.2, 0.25) is 0 Å². The van der Waals surface area contributed by atoms with Crippen LogP contribution in [0, 0.1) is 6.92 Å². The van der Waals surface area contributed by atoms with E-state index in [9.17, 15) is 18.0 Å². The van der Waals surface area contributed by atoms with Crippen molar-refractivity contribution in [2.75, 3.05) is 0 Å². The third-order valence-corrected chi connectivity index (χ3v) is 4.57. The number of nitrogens with zero attached hydrogens (tertiary/aromatic N) is 3. The Morgan fingerprint density at radius 3 is 2.68 bits per heavy atom. The number of aromatic nitrogens is 4. The van der Waals surface area contributed by atoms with Crippen molar-refractivity contribution in [1.82, 2.24) is 19.7 Å². The second-order valence-corrected chi connectivity index (χ2v) is 6.51. The summed E-state index contributed by atoms with van der Waals surface area (Å²) >= 11 is 0. The predicted molar refractivity (Wildman–Crippen MR) is 98.9 cm³/mol. The SMILES string of the molecule is Cc1cc(=O)n(Cc2ccccn2)cc1-c1cc(C(F)(F)F)cc2[nH]ncc12. The smallest absolute Gasteiger partial charge is 0.309 e. The lowest BCUT2D eigenvalue weighted by Crippen LogP contribution is -2.20. The Bertz CT molecular complexity index is 1210. The molecule has 142 valence electrons. The zero-order valence-electron chi connectivity index (χ0n) is 14.8. The minimum atomic E-state index is -4.50. The Morgan fingerprint density at radius 2 is 1.96 bits per heavy atom. The van der Waals surface area contributed by atoms with Crippen LogP contribution in [0.1, 0.15) is 16.8 Å². The number of fused-ring (bicyclic) bond motifs is 1. The van der Waals surface area contributed by atoms with E-state index in [1.165, 1.54) is 16.8 Å². The lowest BCUT2D eigenvalue weighted by molar-refractivity contribution is -0.137. The van der Waals surface area contributed by atoms with E-state index in [-0.39, 0.29) is 17.6 Å². The van der Waals surface area contributed by atoms with Gasteiger partial charge in [0.1, 0.15) is 0 Å². The van der Waals surface area contributed by atoms with Gasteiger partial charge in [-0.2, -0.15) is 18.3 Å². The summed E-state index contributed by atoms with van der Waals surface area (Å²) in [5, 5.41) is 7.03. The Labute approximate surface area is 157 Å². The average molecular weight is 384 g/mol. The van der Waals surface area contributed by atoms with Gasteiger partial charge in [0, 0.05) is 29.4 Å². The van der Waals surface area contributed by atoms with E-state index in [2.05, 4.69) is 15.2 Å². The van der Waals surface area contributed by atoms with Crippen LogP contribution in [0.4, 0.5) is 13.2 Å². The first-order valence-corrected chi connectivity index (χ1v) is 8.48. The summed E-state index contributed by atoms with van der Waals surface area (Å²) in [6.07, 6.45) is 0.189. The number of H-pyrrole nitrogens is 1. The molecule has 0 saturated carbocycles. The molecule has 0 saturated heterocycles. The summed E-state index contributed by atoms with van der Waals surface area (Å²) < 4.78 is 41.5. The lowest BCUT2D eigenvalue weighted by Gasteiger charge is -2.14. The van der Waals surface area contributed by atoms with Gasteiger partial charge in [0.05, 0.1) is 29.5 Å². The predicted octanol–water partition coefficient (Wildman–Crippen LogP) is 4.16. The van der Waals surface area contributed by atoms with E-state index >= 15 is 0 Å². The van der Waals surface area contributed by atoms with Crippen molar-refractivity contribution in [3.05, 3.63) is 82.2 Å². The first kappa shape index (κ1) is 18.0. The number of nitrogens with one attached hydrogen (secondary N) is 1. The molecule has 4 rings (SSSR count). The van der Waals surface area contributed by atoms with E-state index in [0.29, 0.717) is 27.8 Å². The van der Waals surface area contributed by atoms with Crippen LogP contribution >= 0.6 is 0 Å². The molecule has 3 aromatic heterocycles. The van der Waals surface area contributed by atoms with Crippen molar-refractivity contribution in [3.63, 3.8) is 0 Å². The third-order valence-electron chi connectivity index (χ3n) is 4.57. The molecule has 0 atom stereocenters. The van der Waals surface area contributed by atoms with Crippen LogP contribution in [-0.2, 0) is 12.7 Å². The number of rotatable bonds is 3. The fourth-order valence-electron chi connectivity index (χ4n) is 3.18. The van der Waals surface area contributed by atoms with Gasteiger partial charge in [-0.25, -0.2) is 0 Å². The maximum Gasteiger partial charge on any atom is 0.416 e. The maximum absolute atomic E-state index is 13.4. The number of hydrogen-bond donors (Lipinski definition) is 1. The minimum Gasteiger partial charge on any atom is -0.309 e. The molecule has 0 aliphatic carbocycles. The van der Waals surface area contributed by atoms with Crippen molar-refractivity contribution in [2.45, 2.75) is 19.6 Å². The maximum atomic E-state index is 13.4. The highest BCUT2D eigenvalue weighted by Crippen LogP contribution is 2.37. The summed E-state index contributed by atoms with van der Waals surface area (Å²) in [4.78, 5) is 16.6. The Morgan fingerprint density at radius 1 is 1.14 bits per heavy atom.